The van der Waals surface area contributed by atoms with Crippen LogP contribution in [-0.4, -0.2) is 89.8 Å². The summed E-state index contributed by atoms with van der Waals surface area (Å²) in [6, 6.07) is 0. The third-order valence-electron chi connectivity index (χ3n) is 5.53. The quantitative estimate of drug-likeness (QED) is 0.116. The molecule has 222 valence electrons. The average Bonchev–Trinajstić information content (AvgIpc) is 2.91. The molecule has 0 bridgehead atoms. The Hall–Kier alpha value is 0.461. The van der Waals surface area contributed by atoms with E-state index < -0.39 is 25.9 Å². The van der Waals surface area contributed by atoms with Crippen LogP contribution in [0.5, 0.6) is 0 Å². The minimum atomic E-state index is -2.88. The van der Waals surface area contributed by atoms with Gasteiger partial charge >= 0.3 is 25.9 Å². The molecule has 38 heavy (non-hydrogen) atoms. The Morgan fingerprint density at radius 3 is 1.68 bits per heavy atom. The van der Waals surface area contributed by atoms with Crippen molar-refractivity contribution in [1.82, 2.24) is 0 Å². The molecule has 13 heteroatoms. The van der Waals surface area contributed by atoms with Crippen LogP contribution in [0.4, 0.5) is 0 Å². The van der Waals surface area contributed by atoms with Gasteiger partial charge in [0.05, 0.1) is 0 Å². The summed E-state index contributed by atoms with van der Waals surface area (Å²) < 4.78 is 43.0. The highest BCUT2D eigenvalue weighted by Gasteiger charge is 2.43. The van der Waals surface area contributed by atoms with Crippen molar-refractivity contribution in [1.29, 1.82) is 0 Å². The summed E-state index contributed by atoms with van der Waals surface area (Å²) in [5.41, 5.74) is 5.84. The molecule has 0 saturated carbocycles. The van der Waals surface area contributed by atoms with E-state index in [1.54, 1.807) is 0 Å². The molecule has 0 spiro atoms. The first-order valence-corrected chi connectivity index (χ1v) is 21.4. The SMILES string of the molecule is CCO[Si](C)(C=CCCl)OCC(C)CO[Si](C)(C=CCCl)OCC(C)CO[Si]1(C=CCCl)OCC(C)CO1. The summed E-state index contributed by atoms with van der Waals surface area (Å²) in [5.74, 6) is 1.80. The van der Waals surface area contributed by atoms with Crippen molar-refractivity contribution in [2.45, 2.75) is 40.8 Å². The van der Waals surface area contributed by atoms with Gasteiger partial charge in [-0.15, -0.1) is 34.8 Å². The molecule has 0 aromatic heterocycles. The normalized spacial score (nSPS) is 25.7. The Kier molecular flexibility index (Phi) is 18.8. The number of rotatable bonds is 20. The van der Waals surface area contributed by atoms with Crippen LogP contribution in [0.3, 0.4) is 0 Å². The molecule has 7 nitrogen and oxygen atoms in total. The zero-order chi connectivity index (χ0) is 28.5. The van der Waals surface area contributed by atoms with Gasteiger partial charge in [-0.3, -0.25) is 0 Å². The van der Waals surface area contributed by atoms with E-state index >= 15 is 0 Å². The highest BCUT2D eigenvalue weighted by atomic mass is 35.5. The molecule has 1 aliphatic heterocycles. The Balaban J connectivity index is 2.65. The number of allylic oxidation sites excluding steroid dienone is 3. The van der Waals surface area contributed by atoms with Crippen LogP contribution in [0.15, 0.2) is 35.3 Å². The zero-order valence-electron chi connectivity index (χ0n) is 23.8. The van der Waals surface area contributed by atoms with E-state index in [1.165, 1.54) is 0 Å². The minimum absolute atomic E-state index is 0.0996. The van der Waals surface area contributed by atoms with E-state index in [0.29, 0.717) is 69.8 Å². The van der Waals surface area contributed by atoms with Crippen molar-refractivity contribution in [3.63, 3.8) is 0 Å². The summed E-state index contributed by atoms with van der Waals surface area (Å²) in [7, 11) is -7.93. The van der Waals surface area contributed by atoms with E-state index in [2.05, 4.69) is 20.8 Å². The molecule has 0 amide bonds. The lowest BCUT2D eigenvalue weighted by atomic mass is 10.2. The number of halogens is 3. The molecule has 0 aromatic rings. The second-order valence-corrected chi connectivity index (χ2v) is 19.1. The fraction of sp³-hybridized carbons (Fsp3) is 0.760. The van der Waals surface area contributed by atoms with Crippen LogP contribution in [0.2, 0.25) is 13.1 Å². The second kappa shape index (κ2) is 19.6. The van der Waals surface area contributed by atoms with E-state index in [-0.39, 0.29) is 11.8 Å². The van der Waals surface area contributed by atoms with Crippen LogP contribution in [-0.2, 0) is 31.0 Å². The first-order chi connectivity index (χ1) is 18.0. The highest BCUT2D eigenvalue weighted by Crippen LogP contribution is 2.22. The van der Waals surface area contributed by atoms with Crippen LogP contribution < -0.4 is 0 Å². The summed E-state index contributed by atoms with van der Waals surface area (Å²) >= 11 is 17.6. The van der Waals surface area contributed by atoms with Crippen molar-refractivity contribution in [2.24, 2.45) is 17.8 Å². The standard InChI is InChI=1S/C25H47Cl3O7Si3/c1-7-29-36(5,14-8-11-26)30-17-23(2)18-31-37(6,15-9-12-27)32-19-24(3)20-33-38(16-10-13-28)34-21-25(4)22-35-38/h8-10,14-16,23-25H,7,11-13,17-22H2,1-6H3. The van der Waals surface area contributed by atoms with Gasteiger partial charge in [-0.1, -0.05) is 39.0 Å². The number of hydrogen-bond acceptors (Lipinski definition) is 7. The molecule has 0 aliphatic carbocycles. The van der Waals surface area contributed by atoms with Gasteiger partial charge in [-0.05, 0) is 37.1 Å². The van der Waals surface area contributed by atoms with Gasteiger partial charge in [0, 0.05) is 81.6 Å². The van der Waals surface area contributed by atoms with Gasteiger partial charge in [-0.2, -0.15) is 0 Å². The Labute approximate surface area is 248 Å². The Morgan fingerprint density at radius 2 is 1.24 bits per heavy atom. The summed E-state index contributed by atoms with van der Waals surface area (Å²) in [6.07, 6.45) is 5.60. The number of alkyl halides is 3. The molecular weight excluding hydrogens is 603 g/mol. The van der Waals surface area contributed by atoms with E-state index in [1.807, 2.05) is 55.3 Å². The van der Waals surface area contributed by atoms with Crippen LogP contribution in [0.25, 0.3) is 0 Å². The van der Waals surface area contributed by atoms with E-state index in [0.717, 1.165) is 0 Å². The van der Waals surface area contributed by atoms with Gasteiger partial charge in [0.1, 0.15) is 0 Å². The van der Waals surface area contributed by atoms with Crippen molar-refractivity contribution in [3.8, 4) is 0 Å². The molecule has 4 atom stereocenters. The predicted octanol–water partition coefficient (Wildman–Crippen LogP) is 6.13. The lowest BCUT2D eigenvalue weighted by Gasteiger charge is -2.34. The van der Waals surface area contributed by atoms with Gasteiger partial charge < -0.3 is 31.0 Å². The molecule has 4 unspecified atom stereocenters. The molecule has 1 rings (SSSR count). The van der Waals surface area contributed by atoms with Crippen LogP contribution in [0.1, 0.15) is 27.7 Å². The van der Waals surface area contributed by atoms with Gasteiger partial charge in [0.2, 0.25) is 0 Å². The fourth-order valence-corrected chi connectivity index (χ4v) is 10.7. The maximum absolute atomic E-state index is 6.36. The minimum Gasteiger partial charge on any atom is -0.392 e. The molecule has 1 heterocycles. The highest BCUT2D eigenvalue weighted by molar-refractivity contribution is 6.71. The second-order valence-electron chi connectivity index (χ2n) is 9.92. The summed E-state index contributed by atoms with van der Waals surface area (Å²) in [5, 5.41) is 0. The molecule has 0 N–H and O–H groups in total. The first-order valence-electron chi connectivity index (χ1n) is 13.2. The maximum atomic E-state index is 6.36. The molecular formula is C25H47Cl3O7Si3. The van der Waals surface area contributed by atoms with Crippen LogP contribution >= 0.6 is 34.8 Å². The van der Waals surface area contributed by atoms with Crippen molar-refractivity contribution >= 4 is 60.7 Å². The predicted molar refractivity (Wildman–Crippen MR) is 163 cm³/mol. The Bertz CT molecular complexity index is 726. The zero-order valence-corrected chi connectivity index (χ0v) is 29.0. The third kappa shape index (κ3) is 14.9. The van der Waals surface area contributed by atoms with Crippen molar-refractivity contribution in [3.05, 3.63) is 35.3 Å². The Morgan fingerprint density at radius 1 is 0.789 bits per heavy atom. The third-order valence-corrected chi connectivity index (χ3v) is 13.2. The fourth-order valence-electron chi connectivity index (χ4n) is 3.38. The monoisotopic (exact) mass is 648 g/mol. The largest absolute Gasteiger partial charge is 0.529 e. The lowest BCUT2D eigenvalue weighted by Crippen LogP contribution is -2.51. The van der Waals surface area contributed by atoms with E-state index in [4.69, 9.17) is 65.8 Å². The number of hydrogen-bond donors (Lipinski definition) is 0. The first kappa shape index (κ1) is 36.5. The van der Waals surface area contributed by atoms with Crippen molar-refractivity contribution < 1.29 is 31.0 Å². The van der Waals surface area contributed by atoms with Crippen LogP contribution in [0, 0.1) is 17.8 Å². The molecule has 1 saturated heterocycles. The summed E-state index contributed by atoms with van der Waals surface area (Å²) in [6.45, 7) is 16.0. The smallest absolute Gasteiger partial charge is 0.392 e. The van der Waals surface area contributed by atoms with Gasteiger partial charge in [0.15, 0.2) is 0 Å². The average molecular weight is 650 g/mol. The van der Waals surface area contributed by atoms with Gasteiger partial charge in [0.25, 0.3) is 0 Å². The van der Waals surface area contributed by atoms with E-state index in [9.17, 15) is 0 Å². The maximum Gasteiger partial charge on any atom is 0.529 e. The van der Waals surface area contributed by atoms with Crippen molar-refractivity contribution in [2.75, 3.05) is 63.9 Å². The molecule has 1 fully saturated rings. The van der Waals surface area contributed by atoms with Gasteiger partial charge in [-0.25, -0.2) is 0 Å². The molecule has 0 aromatic carbocycles. The molecule has 0 radical (unpaired) electrons. The summed E-state index contributed by atoms with van der Waals surface area (Å²) in [4.78, 5) is 0. The lowest BCUT2D eigenvalue weighted by molar-refractivity contribution is -0.00390. The topological polar surface area (TPSA) is 64.6 Å². The molecule has 1 aliphatic rings.